The van der Waals surface area contributed by atoms with Crippen molar-refractivity contribution in [1.29, 1.82) is 0 Å². The molecule has 210 valence electrons. The molecule has 1 amide bonds. The van der Waals surface area contributed by atoms with Gasteiger partial charge in [-0.15, -0.1) is 0 Å². The van der Waals surface area contributed by atoms with Crippen LogP contribution in [-0.2, 0) is 16.1 Å². The van der Waals surface area contributed by atoms with Crippen LogP contribution in [0.2, 0.25) is 0 Å². The van der Waals surface area contributed by atoms with Gasteiger partial charge >= 0.3 is 0 Å². The van der Waals surface area contributed by atoms with E-state index in [1.807, 2.05) is 29.2 Å². The Morgan fingerprint density at radius 2 is 1.77 bits per heavy atom. The van der Waals surface area contributed by atoms with Crippen molar-refractivity contribution < 1.29 is 23.0 Å². The summed E-state index contributed by atoms with van der Waals surface area (Å²) in [6, 6.07) is 15.4. The molecule has 1 aliphatic heterocycles. The van der Waals surface area contributed by atoms with Crippen LogP contribution >= 0.6 is 0 Å². The van der Waals surface area contributed by atoms with Gasteiger partial charge in [0.05, 0.1) is 31.4 Å². The summed E-state index contributed by atoms with van der Waals surface area (Å²) < 4.78 is 40.2. The number of ether oxygens (including phenoxy) is 2. The number of nitrogens with one attached hydrogen (secondary N) is 1. The average molecular weight is 552 g/mol. The molecule has 0 bridgehead atoms. The molecule has 10 nitrogen and oxygen atoms in total. The van der Waals surface area contributed by atoms with Gasteiger partial charge in [0.25, 0.3) is 6.43 Å². The maximum atomic E-state index is 14.1. The molecule has 1 aliphatic rings. The summed E-state index contributed by atoms with van der Waals surface area (Å²) in [6.45, 7) is 4.32. The Morgan fingerprint density at radius 1 is 1.07 bits per heavy atom. The van der Waals surface area contributed by atoms with Crippen molar-refractivity contribution in [3.8, 4) is 11.6 Å². The number of likely N-dealkylation sites (N-methyl/N-ethyl adjacent to an activating group) is 1. The average Bonchev–Trinajstić information content (AvgIpc) is 3.37. The number of hydrogen-bond acceptors (Lipinski definition) is 8. The summed E-state index contributed by atoms with van der Waals surface area (Å²) in [4.78, 5) is 30.2. The van der Waals surface area contributed by atoms with E-state index in [0.717, 1.165) is 11.3 Å². The Labute approximate surface area is 230 Å². The lowest BCUT2D eigenvalue weighted by molar-refractivity contribution is -0.130. The Hall–Kier alpha value is -4.32. The minimum absolute atomic E-state index is 0.149. The van der Waals surface area contributed by atoms with Crippen molar-refractivity contribution in [3.05, 3.63) is 66.0 Å². The zero-order valence-corrected chi connectivity index (χ0v) is 22.6. The number of anilines is 2. The molecular weight excluding hydrogens is 520 g/mol. The smallest absolute Gasteiger partial charge is 0.296 e. The van der Waals surface area contributed by atoms with Crippen molar-refractivity contribution in [2.45, 2.75) is 25.9 Å². The number of fused-ring (bicyclic) bond motifs is 1. The maximum absolute atomic E-state index is 14.1. The molecule has 0 radical (unpaired) electrons. The van der Waals surface area contributed by atoms with E-state index in [1.54, 1.807) is 56.3 Å². The number of amides is 1. The fourth-order valence-corrected chi connectivity index (χ4v) is 4.66. The van der Waals surface area contributed by atoms with E-state index >= 15 is 0 Å². The number of benzene rings is 2. The molecule has 0 aliphatic carbocycles. The molecule has 2 aromatic carbocycles. The molecule has 12 heteroatoms. The number of alkyl halides is 2. The first-order chi connectivity index (χ1) is 19.3. The number of morpholine rings is 1. The van der Waals surface area contributed by atoms with Crippen LogP contribution in [0, 0.1) is 0 Å². The Balaban J connectivity index is 1.45. The second-order valence-corrected chi connectivity index (χ2v) is 9.51. The van der Waals surface area contributed by atoms with Gasteiger partial charge in [-0.3, -0.25) is 9.36 Å². The van der Waals surface area contributed by atoms with Crippen LogP contribution in [0.25, 0.3) is 16.9 Å². The first-order valence-corrected chi connectivity index (χ1v) is 13.0. The van der Waals surface area contributed by atoms with E-state index < -0.39 is 18.3 Å². The lowest BCUT2D eigenvalue weighted by atomic mass is 10.2. The summed E-state index contributed by atoms with van der Waals surface area (Å²) in [5, 5.41) is 3.09. The molecule has 2 aromatic heterocycles. The highest BCUT2D eigenvalue weighted by molar-refractivity contribution is 5.84. The highest BCUT2D eigenvalue weighted by atomic mass is 19.3. The Morgan fingerprint density at radius 3 is 2.48 bits per heavy atom. The van der Waals surface area contributed by atoms with Crippen LogP contribution in [0.5, 0.6) is 5.75 Å². The molecule has 4 aromatic rings. The Bertz CT molecular complexity index is 1470. The van der Waals surface area contributed by atoms with Gasteiger partial charge in [-0.2, -0.15) is 9.97 Å². The molecule has 1 saturated heterocycles. The zero-order chi connectivity index (χ0) is 28.2. The molecule has 3 heterocycles. The van der Waals surface area contributed by atoms with Crippen molar-refractivity contribution in [2.75, 3.05) is 50.7 Å². The summed E-state index contributed by atoms with van der Waals surface area (Å²) in [5.41, 5.74) is 1.88. The van der Waals surface area contributed by atoms with Crippen LogP contribution in [-0.4, -0.2) is 76.8 Å². The number of halogens is 2. The number of methoxy groups -OCH3 is 1. The first-order valence-electron chi connectivity index (χ1n) is 13.0. The predicted octanol–water partition coefficient (Wildman–Crippen LogP) is 4.06. The van der Waals surface area contributed by atoms with Crippen LogP contribution in [0.1, 0.15) is 24.7 Å². The molecule has 5 rings (SSSR count). The van der Waals surface area contributed by atoms with E-state index in [4.69, 9.17) is 9.47 Å². The van der Waals surface area contributed by atoms with Crippen LogP contribution in [0.15, 0.2) is 54.6 Å². The molecule has 1 fully saturated rings. The molecule has 0 saturated carbocycles. The third-order valence-corrected chi connectivity index (χ3v) is 6.72. The van der Waals surface area contributed by atoms with E-state index in [1.165, 1.54) is 4.57 Å². The quantitative estimate of drug-likeness (QED) is 0.333. The standard InChI is InChI=1S/C28H31F2N7O3/c1-18(27(38)35(2)17-19-8-10-20(39-3)11-9-19)31-28-33-23(36-12-14-40-15-13-36)16-24(34-28)37-22-7-5-4-6-21(22)32-26(37)25(29)30/h4-11,16,18,25H,12-15,17H2,1-3H3,(H,31,33,34)/t18-/m0/s1. The van der Waals surface area contributed by atoms with E-state index in [-0.39, 0.29) is 17.7 Å². The van der Waals surface area contributed by atoms with Gasteiger partial charge in [0, 0.05) is 32.7 Å². The fourth-order valence-electron chi connectivity index (χ4n) is 4.66. The van der Waals surface area contributed by atoms with Gasteiger partial charge in [-0.1, -0.05) is 24.3 Å². The number of aromatic nitrogens is 4. The lowest BCUT2D eigenvalue weighted by Gasteiger charge is -2.29. The van der Waals surface area contributed by atoms with Crippen molar-refractivity contribution in [1.82, 2.24) is 24.4 Å². The summed E-state index contributed by atoms with van der Waals surface area (Å²) in [7, 11) is 3.32. The summed E-state index contributed by atoms with van der Waals surface area (Å²) in [6.07, 6.45) is -2.82. The monoisotopic (exact) mass is 551 g/mol. The first kappa shape index (κ1) is 27.3. The lowest BCUT2D eigenvalue weighted by Crippen LogP contribution is -2.39. The predicted molar refractivity (Wildman–Crippen MR) is 147 cm³/mol. The normalized spacial score (nSPS) is 14.4. The molecule has 40 heavy (non-hydrogen) atoms. The van der Waals surface area contributed by atoms with Crippen molar-refractivity contribution in [2.24, 2.45) is 0 Å². The third-order valence-electron chi connectivity index (χ3n) is 6.72. The number of imidazole rings is 1. The number of carbonyl (C=O) groups excluding carboxylic acids is 1. The summed E-state index contributed by atoms with van der Waals surface area (Å²) >= 11 is 0. The third kappa shape index (κ3) is 5.81. The Kier molecular flexibility index (Phi) is 8.06. The number of nitrogens with zero attached hydrogens (tertiary/aromatic N) is 6. The van der Waals surface area contributed by atoms with Crippen LogP contribution in [0.3, 0.4) is 0 Å². The van der Waals surface area contributed by atoms with Gasteiger partial charge in [-0.25, -0.2) is 13.8 Å². The number of rotatable bonds is 9. The van der Waals surface area contributed by atoms with E-state index in [9.17, 15) is 13.6 Å². The zero-order valence-electron chi connectivity index (χ0n) is 22.6. The second kappa shape index (κ2) is 11.8. The minimum Gasteiger partial charge on any atom is -0.497 e. The van der Waals surface area contributed by atoms with Crippen molar-refractivity contribution >= 4 is 28.7 Å². The minimum atomic E-state index is -2.82. The van der Waals surface area contributed by atoms with Crippen LogP contribution in [0.4, 0.5) is 20.5 Å². The van der Waals surface area contributed by atoms with Gasteiger partial charge in [0.2, 0.25) is 11.9 Å². The van der Waals surface area contributed by atoms with Crippen molar-refractivity contribution in [3.63, 3.8) is 0 Å². The molecule has 1 N–H and O–H groups in total. The summed E-state index contributed by atoms with van der Waals surface area (Å²) in [5.74, 6) is 1.06. The highest BCUT2D eigenvalue weighted by Crippen LogP contribution is 2.29. The largest absolute Gasteiger partial charge is 0.497 e. The topological polar surface area (TPSA) is 97.6 Å². The van der Waals surface area contributed by atoms with Gasteiger partial charge in [-0.05, 0) is 36.8 Å². The number of hydrogen-bond donors (Lipinski definition) is 1. The molecule has 0 spiro atoms. The van der Waals surface area contributed by atoms with Gasteiger partial charge in [0.1, 0.15) is 23.4 Å². The molecule has 1 atom stereocenters. The number of para-hydroxylation sites is 2. The highest BCUT2D eigenvalue weighted by Gasteiger charge is 2.25. The van der Waals surface area contributed by atoms with E-state index in [0.29, 0.717) is 49.7 Å². The fraction of sp³-hybridized carbons (Fsp3) is 0.357. The second-order valence-electron chi connectivity index (χ2n) is 9.51. The number of carbonyl (C=O) groups is 1. The van der Waals surface area contributed by atoms with Gasteiger partial charge < -0.3 is 24.6 Å². The van der Waals surface area contributed by atoms with Crippen LogP contribution < -0.4 is 15.0 Å². The van der Waals surface area contributed by atoms with Gasteiger partial charge in [0.15, 0.2) is 5.82 Å². The SMILES string of the molecule is COc1ccc(CN(C)C(=O)[C@H](C)Nc2nc(N3CCOCC3)cc(-n3c(C(F)F)nc4ccccc43)n2)cc1. The molecule has 0 unspecified atom stereocenters. The van der Waals surface area contributed by atoms with E-state index in [2.05, 4.69) is 20.3 Å². The maximum Gasteiger partial charge on any atom is 0.296 e. The molecular formula is C28H31F2N7O3.